The van der Waals surface area contributed by atoms with E-state index in [2.05, 4.69) is 38.1 Å². The molecule has 1 aliphatic rings. The maximum absolute atomic E-state index is 12.3. The minimum atomic E-state index is -0.581. The number of amides is 1. The number of nitrogens with zero attached hydrogens (tertiary/aromatic N) is 2. The first kappa shape index (κ1) is 23.3. The van der Waals surface area contributed by atoms with Gasteiger partial charge in [-0.25, -0.2) is 0 Å². The average Bonchev–Trinajstić information content (AvgIpc) is 3.25. The summed E-state index contributed by atoms with van der Waals surface area (Å²) >= 11 is -0.581. The molecule has 1 aliphatic heterocycles. The Morgan fingerprint density at radius 1 is 1.15 bits per heavy atom. The lowest BCUT2D eigenvalue weighted by atomic mass is 10.0. The maximum Gasteiger partial charge on any atom is 0.239 e. The van der Waals surface area contributed by atoms with E-state index in [0.29, 0.717) is 13.2 Å². The summed E-state index contributed by atoms with van der Waals surface area (Å²) in [5.41, 5.74) is 4.83. The number of carbonyl (C=O) groups excluding carboxylic acids is 1. The Labute approximate surface area is 202 Å². The van der Waals surface area contributed by atoms with E-state index >= 15 is 0 Å². The van der Waals surface area contributed by atoms with E-state index < -0.39 is 20.7 Å². The third kappa shape index (κ3) is 5.92. The molecule has 3 heterocycles. The van der Waals surface area contributed by atoms with Crippen LogP contribution in [0.4, 0.5) is 5.69 Å². The largest absolute Gasteiger partial charge is 0.491 e. The van der Waals surface area contributed by atoms with Crippen LogP contribution in [0.15, 0.2) is 55.0 Å². The van der Waals surface area contributed by atoms with E-state index in [1.54, 1.807) is 19.5 Å². The van der Waals surface area contributed by atoms with Crippen LogP contribution >= 0.6 is 20.7 Å². The summed E-state index contributed by atoms with van der Waals surface area (Å²) in [5.74, 6) is 0.681. The molecule has 0 radical (unpaired) electrons. The van der Waals surface area contributed by atoms with Crippen LogP contribution < -0.4 is 20.7 Å². The fraction of sp³-hybridized carbons (Fsp3) is 0.250. The quantitative estimate of drug-likeness (QED) is 0.259. The van der Waals surface area contributed by atoms with Gasteiger partial charge in [0.15, 0.2) is 0 Å². The predicted molar refractivity (Wildman–Crippen MR) is 138 cm³/mol. The van der Waals surface area contributed by atoms with Crippen molar-refractivity contribution in [2.24, 2.45) is 0 Å². The third-order valence-electron chi connectivity index (χ3n) is 4.86. The van der Waals surface area contributed by atoms with Gasteiger partial charge < -0.3 is 25.4 Å². The molecule has 0 atom stereocenters. The van der Waals surface area contributed by atoms with Gasteiger partial charge in [-0.1, -0.05) is 13.0 Å². The number of pyridine rings is 2. The number of rotatable bonds is 10. The molecule has 0 fully saturated rings. The standard InChI is InChI=1S/C24H26IN5O3/c1-3-26-15-22(31)29-24-25-20-12-17(16-5-4-7-27-14-16)11-19(23(20)30-24)21-13-18(6-8-28-21)33-10-9-32-2/h4-8,11-14,26,30H,3,9-10,15H2,1-2H3,(H,29,31). The second kappa shape index (κ2) is 11.3. The van der Waals surface area contributed by atoms with Gasteiger partial charge in [-0.3, -0.25) is 14.8 Å². The Kier molecular flexibility index (Phi) is 7.97. The zero-order valence-electron chi connectivity index (χ0n) is 18.5. The van der Waals surface area contributed by atoms with Gasteiger partial charge in [0.2, 0.25) is 5.91 Å². The Morgan fingerprint density at radius 2 is 2.06 bits per heavy atom. The first-order valence-electron chi connectivity index (χ1n) is 10.6. The summed E-state index contributed by atoms with van der Waals surface area (Å²) in [6, 6.07) is 12.0. The molecule has 3 N–H and O–H groups in total. The molecule has 9 heteroatoms. The van der Waals surface area contributed by atoms with Crippen molar-refractivity contribution in [2.75, 3.05) is 38.7 Å². The van der Waals surface area contributed by atoms with Gasteiger partial charge >= 0.3 is 0 Å². The molecule has 2 aromatic heterocycles. The fourth-order valence-corrected chi connectivity index (χ4v) is 5.90. The summed E-state index contributed by atoms with van der Waals surface area (Å²) in [5, 5.41) is 9.53. The molecule has 172 valence electrons. The Bertz CT molecular complexity index is 1150. The van der Waals surface area contributed by atoms with Crippen molar-refractivity contribution in [3.05, 3.63) is 58.6 Å². The van der Waals surface area contributed by atoms with Gasteiger partial charge in [-0.15, -0.1) is 0 Å². The number of hydrogen-bond donors (Lipinski definition) is 3. The minimum absolute atomic E-state index is 0.0486. The number of carbonyl (C=O) groups is 1. The predicted octanol–water partition coefficient (Wildman–Crippen LogP) is 3.21. The van der Waals surface area contributed by atoms with Crippen molar-refractivity contribution in [2.45, 2.75) is 6.92 Å². The highest BCUT2D eigenvalue weighted by molar-refractivity contribution is 14.2. The number of hydrogen-bond acceptors (Lipinski definition) is 7. The number of fused-ring (bicyclic) bond motifs is 1. The number of anilines is 1. The van der Waals surface area contributed by atoms with E-state index in [9.17, 15) is 4.79 Å². The van der Waals surface area contributed by atoms with Gasteiger partial charge in [-0.2, -0.15) is 0 Å². The summed E-state index contributed by atoms with van der Waals surface area (Å²) in [6.07, 6.45) is 5.36. The molecule has 4 rings (SSSR count). The zero-order chi connectivity index (χ0) is 23.0. The highest BCUT2D eigenvalue weighted by Crippen LogP contribution is 2.41. The lowest BCUT2D eigenvalue weighted by Crippen LogP contribution is -2.39. The summed E-state index contributed by atoms with van der Waals surface area (Å²) in [4.78, 5) is 21.1. The average molecular weight is 559 g/mol. The van der Waals surface area contributed by atoms with Crippen molar-refractivity contribution in [1.82, 2.24) is 20.6 Å². The number of halogens is 1. The summed E-state index contributed by atoms with van der Waals surface area (Å²) < 4.78 is 12.9. The lowest BCUT2D eigenvalue weighted by molar-refractivity contribution is -0.118. The van der Waals surface area contributed by atoms with Gasteiger partial charge in [0, 0.05) is 46.5 Å². The van der Waals surface area contributed by atoms with Gasteiger partial charge in [0.25, 0.3) is 0 Å². The number of likely N-dealkylation sites (N-methyl/N-ethyl adjacent to an activating group) is 1. The van der Waals surface area contributed by atoms with Gasteiger partial charge in [0.1, 0.15) is 16.1 Å². The van der Waals surface area contributed by atoms with Crippen molar-refractivity contribution < 1.29 is 14.3 Å². The molecular weight excluding hydrogens is 533 g/mol. The normalized spacial score (nSPS) is 12.2. The van der Waals surface area contributed by atoms with E-state index in [1.165, 1.54) is 3.57 Å². The Morgan fingerprint density at radius 3 is 2.85 bits per heavy atom. The topological polar surface area (TPSA) is 97.4 Å². The summed E-state index contributed by atoms with van der Waals surface area (Å²) in [6.45, 7) is 3.99. The van der Waals surface area contributed by atoms with Crippen LogP contribution in [0.2, 0.25) is 0 Å². The lowest BCUT2D eigenvalue weighted by Gasteiger charge is -2.14. The first-order chi connectivity index (χ1) is 16.2. The fourth-order valence-electron chi connectivity index (χ4n) is 3.30. The van der Waals surface area contributed by atoms with Crippen LogP contribution in [0.5, 0.6) is 5.75 Å². The summed E-state index contributed by atoms with van der Waals surface area (Å²) in [7, 11) is 1.65. The zero-order valence-corrected chi connectivity index (χ0v) is 20.7. The van der Waals surface area contributed by atoms with E-state index in [-0.39, 0.29) is 12.5 Å². The first-order valence-corrected chi connectivity index (χ1v) is 12.8. The maximum atomic E-state index is 12.3. The van der Waals surface area contributed by atoms with Gasteiger partial charge in [-0.05, 0) is 57.1 Å². The smallest absolute Gasteiger partial charge is 0.239 e. The van der Waals surface area contributed by atoms with Crippen LogP contribution in [0.25, 0.3) is 22.4 Å². The molecule has 0 bridgehead atoms. The second-order valence-electron chi connectivity index (χ2n) is 7.20. The highest BCUT2D eigenvalue weighted by Gasteiger charge is 2.21. The Hall–Kier alpha value is -2.89. The number of methoxy groups -OCH3 is 1. The van der Waals surface area contributed by atoms with Crippen LogP contribution in [-0.2, 0) is 9.53 Å². The molecule has 1 amide bonds. The molecule has 0 saturated heterocycles. The van der Waals surface area contributed by atoms with Crippen LogP contribution in [-0.4, -0.2) is 53.0 Å². The van der Waals surface area contributed by atoms with Gasteiger partial charge in [0.05, 0.1) is 24.5 Å². The molecule has 1 aromatic carbocycles. The number of aromatic nitrogens is 2. The molecule has 0 spiro atoms. The van der Waals surface area contributed by atoms with Crippen LogP contribution in [0.3, 0.4) is 0 Å². The molecule has 33 heavy (non-hydrogen) atoms. The molecule has 0 saturated carbocycles. The SMILES string of the molecule is CCNCC(=O)NC1=Ic2cc(-c3cccnc3)cc(-c3cc(OCCOC)ccn3)c2N1. The van der Waals surface area contributed by atoms with Crippen molar-refractivity contribution >= 4 is 36.1 Å². The monoisotopic (exact) mass is 559 g/mol. The second-order valence-corrected chi connectivity index (χ2v) is 9.98. The van der Waals surface area contributed by atoms with Crippen molar-refractivity contribution in [3.63, 3.8) is 0 Å². The molecule has 0 unspecified atom stereocenters. The number of nitrogens with one attached hydrogen (secondary N) is 3. The van der Waals surface area contributed by atoms with Crippen LogP contribution in [0.1, 0.15) is 6.92 Å². The third-order valence-corrected chi connectivity index (χ3v) is 7.38. The number of ether oxygens (including phenoxy) is 2. The molecule has 3 aromatic rings. The molecular formula is C24H26IN5O3. The van der Waals surface area contributed by atoms with E-state index in [0.717, 1.165) is 44.1 Å². The van der Waals surface area contributed by atoms with E-state index in [4.69, 9.17) is 9.47 Å². The van der Waals surface area contributed by atoms with Crippen LogP contribution in [0, 0.1) is 3.57 Å². The highest BCUT2D eigenvalue weighted by atomic mass is 127. The molecule has 8 nitrogen and oxygen atoms in total. The van der Waals surface area contributed by atoms with Crippen molar-refractivity contribution in [1.29, 1.82) is 0 Å². The minimum Gasteiger partial charge on any atom is -0.491 e. The van der Waals surface area contributed by atoms with E-state index in [1.807, 2.05) is 37.4 Å². The molecule has 0 aliphatic carbocycles. The number of benzene rings is 1. The van der Waals surface area contributed by atoms with Crippen molar-refractivity contribution in [3.8, 4) is 28.1 Å². The Balaban J connectivity index is 1.69.